The van der Waals surface area contributed by atoms with E-state index >= 15 is 0 Å². The van der Waals surface area contributed by atoms with Crippen molar-refractivity contribution in [2.75, 3.05) is 0 Å². The van der Waals surface area contributed by atoms with Crippen LogP contribution in [0.15, 0.2) is 60.7 Å². The molecule has 0 bridgehead atoms. The summed E-state index contributed by atoms with van der Waals surface area (Å²) in [6, 6.07) is 15.8. The van der Waals surface area contributed by atoms with E-state index in [0.717, 1.165) is 24.3 Å². The van der Waals surface area contributed by atoms with Crippen LogP contribution in [0.2, 0.25) is 0 Å². The number of halogens is 6. The Morgan fingerprint density at radius 3 is 1.22 bits per heavy atom. The molecule has 36 heavy (non-hydrogen) atoms. The smallest absolute Gasteiger partial charge is 0.354 e. The fraction of sp³-hybridized carbons (Fsp3) is 0.0769. The minimum absolute atomic E-state index is 0.154. The minimum Gasteiger partial charge on any atom is -0.354 e. The maximum absolute atomic E-state index is 12.8. The fourth-order valence-electron chi connectivity index (χ4n) is 3.56. The Labute approximate surface area is 200 Å². The Kier molecular flexibility index (Phi) is 6.21. The standard InChI is InChI=1S/C26H14F6N4/c27-25(28,29)19-5-1-15(2-6-19)17(13-33)9-21-11-23-24(35-21)12-22(36-23)10-18(14-34)16-3-7-20(8-4-16)26(30,31)32/h1-12,35-36H/b17-9+,18-10+. The number of H-pyrrole nitrogens is 2. The number of fused-ring (bicyclic) bond motifs is 1. The van der Waals surface area contributed by atoms with Crippen LogP contribution in [-0.4, -0.2) is 9.97 Å². The lowest BCUT2D eigenvalue weighted by atomic mass is 10.0. The highest BCUT2D eigenvalue weighted by molar-refractivity contribution is 5.94. The molecule has 2 aromatic heterocycles. The Balaban J connectivity index is 1.59. The zero-order chi connectivity index (χ0) is 26.1. The summed E-state index contributed by atoms with van der Waals surface area (Å²) in [7, 11) is 0. The van der Waals surface area contributed by atoms with E-state index in [2.05, 4.69) is 9.97 Å². The van der Waals surface area contributed by atoms with Gasteiger partial charge in [0.2, 0.25) is 0 Å². The number of allylic oxidation sites excluding steroid dienone is 2. The van der Waals surface area contributed by atoms with E-state index in [1.165, 1.54) is 36.4 Å². The van der Waals surface area contributed by atoms with Crippen LogP contribution in [0.4, 0.5) is 26.3 Å². The van der Waals surface area contributed by atoms with Gasteiger partial charge in [-0.05, 0) is 59.7 Å². The molecule has 0 aliphatic rings. The zero-order valence-corrected chi connectivity index (χ0v) is 18.1. The first kappa shape index (κ1) is 24.4. The van der Waals surface area contributed by atoms with Crippen molar-refractivity contribution < 1.29 is 26.3 Å². The van der Waals surface area contributed by atoms with Gasteiger partial charge in [-0.1, -0.05) is 24.3 Å². The summed E-state index contributed by atoms with van der Waals surface area (Å²) >= 11 is 0. The number of nitrogens with one attached hydrogen (secondary N) is 2. The molecule has 4 nitrogen and oxygen atoms in total. The molecule has 0 amide bonds. The molecule has 180 valence electrons. The van der Waals surface area contributed by atoms with Crippen LogP contribution >= 0.6 is 0 Å². The summed E-state index contributed by atoms with van der Waals surface area (Å²) in [6.45, 7) is 0. The van der Waals surface area contributed by atoms with Crippen LogP contribution in [0, 0.1) is 22.7 Å². The number of nitriles is 2. The van der Waals surface area contributed by atoms with Gasteiger partial charge in [0.15, 0.2) is 0 Å². The molecular weight excluding hydrogens is 482 g/mol. The molecule has 10 heteroatoms. The lowest BCUT2D eigenvalue weighted by Gasteiger charge is -2.07. The highest BCUT2D eigenvalue weighted by atomic mass is 19.4. The molecule has 2 aromatic carbocycles. The molecule has 0 atom stereocenters. The molecule has 0 fully saturated rings. The average molecular weight is 496 g/mol. The second-order valence-electron chi connectivity index (χ2n) is 7.77. The van der Waals surface area contributed by atoms with E-state index in [1.807, 2.05) is 12.1 Å². The van der Waals surface area contributed by atoms with Crippen LogP contribution in [0.5, 0.6) is 0 Å². The van der Waals surface area contributed by atoms with Gasteiger partial charge in [0.05, 0.1) is 45.4 Å². The first-order valence-electron chi connectivity index (χ1n) is 10.3. The lowest BCUT2D eigenvalue weighted by molar-refractivity contribution is -0.138. The van der Waals surface area contributed by atoms with Gasteiger partial charge in [-0.15, -0.1) is 0 Å². The number of benzene rings is 2. The third-order valence-corrected chi connectivity index (χ3v) is 5.33. The van der Waals surface area contributed by atoms with Crippen molar-refractivity contribution in [2.24, 2.45) is 0 Å². The molecule has 2 heterocycles. The molecule has 0 spiro atoms. The molecule has 4 aromatic rings. The summed E-state index contributed by atoms with van der Waals surface area (Å²) in [5.41, 5.74) is 1.62. The molecule has 0 aliphatic carbocycles. The van der Waals surface area contributed by atoms with Crippen LogP contribution in [0.1, 0.15) is 33.6 Å². The average Bonchev–Trinajstić information content (AvgIpc) is 3.38. The molecule has 2 N–H and O–H groups in total. The van der Waals surface area contributed by atoms with Crippen molar-refractivity contribution in [2.45, 2.75) is 12.4 Å². The number of rotatable bonds is 4. The van der Waals surface area contributed by atoms with E-state index in [4.69, 9.17) is 0 Å². The first-order valence-corrected chi connectivity index (χ1v) is 10.3. The third-order valence-electron chi connectivity index (χ3n) is 5.33. The second kappa shape index (κ2) is 9.16. The van der Waals surface area contributed by atoms with E-state index in [0.29, 0.717) is 33.5 Å². The van der Waals surface area contributed by atoms with Crippen molar-refractivity contribution in [1.82, 2.24) is 9.97 Å². The van der Waals surface area contributed by atoms with Gasteiger partial charge in [0, 0.05) is 11.4 Å². The monoisotopic (exact) mass is 496 g/mol. The predicted molar refractivity (Wildman–Crippen MR) is 123 cm³/mol. The number of aromatic nitrogens is 2. The summed E-state index contributed by atoms with van der Waals surface area (Å²) < 4.78 is 76.6. The third kappa shape index (κ3) is 5.18. The molecule has 0 unspecified atom stereocenters. The van der Waals surface area contributed by atoms with Crippen molar-refractivity contribution in [1.29, 1.82) is 10.5 Å². The van der Waals surface area contributed by atoms with Gasteiger partial charge >= 0.3 is 12.4 Å². The van der Waals surface area contributed by atoms with Crippen molar-refractivity contribution >= 4 is 34.3 Å². The molecule has 0 radical (unpaired) electrons. The Hall–Kier alpha value is -4.70. The number of nitrogens with zero attached hydrogens (tertiary/aromatic N) is 2. The maximum Gasteiger partial charge on any atom is 0.416 e. The number of hydrogen-bond donors (Lipinski definition) is 2. The normalized spacial score (nSPS) is 13.0. The van der Waals surface area contributed by atoms with Crippen LogP contribution in [0.25, 0.3) is 34.3 Å². The van der Waals surface area contributed by atoms with Gasteiger partial charge in [0.1, 0.15) is 0 Å². The SMILES string of the molecule is N#C/C(=C\c1cc2[nH]c(/C=C(\C#N)c3ccc(C(F)(F)F)cc3)cc2[nH]1)c1ccc(C(F)(F)F)cc1. The molecule has 0 aliphatic heterocycles. The summed E-state index contributed by atoms with van der Waals surface area (Å²) in [6.07, 6.45) is -5.96. The molecule has 0 saturated heterocycles. The number of aromatic amines is 2. The predicted octanol–water partition coefficient (Wildman–Crippen LogP) is 7.66. The quantitative estimate of drug-likeness (QED) is 0.225. The summed E-state index contributed by atoms with van der Waals surface area (Å²) in [4.78, 5) is 6.13. The summed E-state index contributed by atoms with van der Waals surface area (Å²) in [5.74, 6) is 0. The van der Waals surface area contributed by atoms with E-state index in [-0.39, 0.29) is 11.1 Å². The van der Waals surface area contributed by atoms with Gasteiger partial charge in [-0.25, -0.2) is 0 Å². The van der Waals surface area contributed by atoms with E-state index < -0.39 is 23.5 Å². The van der Waals surface area contributed by atoms with Gasteiger partial charge < -0.3 is 9.97 Å². The van der Waals surface area contributed by atoms with E-state index in [1.54, 1.807) is 12.1 Å². The van der Waals surface area contributed by atoms with E-state index in [9.17, 15) is 36.9 Å². The molecular formula is C26H14F6N4. The van der Waals surface area contributed by atoms with Crippen molar-refractivity contribution in [3.05, 3.63) is 94.3 Å². The maximum atomic E-state index is 12.8. The highest BCUT2D eigenvalue weighted by Crippen LogP contribution is 2.32. The highest BCUT2D eigenvalue weighted by Gasteiger charge is 2.30. The van der Waals surface area contributed by atoms with Crippen LogP contribution < -0.4 is 0 Å². The number of alkyl halides is 6. The first-order chi connectivity index (χ1) is 17.0. The van der Waals surface area contributed by atoms with Crippen molar-refractivity contribution in [3.63, 3.8) is 0 Å². The number of hydrogen-bond acceptors (Lipinski definition) is 2. The second-order valence-corrected chi connectivity index (χ2v) is 7.77. The minimum atomic E-state index is -4.47. The molecule has 0 saturated carbocycles. The topological polar surface area (TPSA) is 79.2 Å². The largest absolute Gasteiger partial charge is 0.416 e. The fourth-order valence-corrected chi connectivity index (χ4v) is 3.56. The van der Waals surface area contributed by atoms with Crippen LogP contribution in [0.3, 0.4) is 0 Å². The Bertz CT molecular complexity index is 1400. The van der Waals surface area contributed by atoms with Gasteiger partial charge in [-0.3, -0.25) is 0 Å². The molecule has 4 rings (SSSR count). The van der Waals surface area contributed by atoms with Crippen LogP contribution in [-0.2, 0) is 12.4 Å². The summed E-state index contributed by atoms with van der Waals surface area (Å²) in [5, 5.41) is 18.9. The lowest BCUT2D eigenvalue weighted by Crippen LogP contribution is -2.04. The Morgan fingerprint density at radius 1 is 0.611 bits per heavy atom. The van der Waals surface area contributed by atoms with Crippen molar-refractivity contribution in [3.8, 4) is 12.1 Å². The van der Waals surface area contributed by atoms with Gasteiger partial charge in [0.25, 0.3) is 0 Å². The van der Waals surface area contributed by atoms with Gasteiger partial charge in [-0.2, -0.15) is 36.9 Å². The zero-order valence-electron chi connectivity index (χ0n) is 18.1. The Morgan fingerprint density at radius 2 is 0.944 bits per heavy atom.